The first-order valence-electron chi connectivity index (χ1n) is 8.81. The summed E-state index contributed by atoms with van der Waals surface area (Å²) in [7, 11) is 0. The molecule has 0 aromatic heterocycles. The van der Waals surface area contributed by atoms with E-state index in [1.54, 1.807) is 12.1 Å². The van der Waals surface area contributed by atoms with Crippen LogP contribution in [0.3, 0.4) is 0 Å². The lowest BCUT2D eigenvalue weighted by Gasteiger charge is -2.38. The van der Waals surface area contributed by atoms with Crippen LogP contribution in [0.5, 0.6) is 0 Å². The first kappa shape index (κ1) is 20.8. The Bertz CT molecular complexity index is 608. The van der Waals surface area contributed by atoms with Crippen LogP contribution in [0.1, 0.15) is 24.8 Å². The number of rotatable bonds is 4. The molecule has 2 saturated heterocycles. The molecule has 8 heteroatoms. The average Bonchev–Trinajstić information content (AvgIpc) is 3.08. The number of amides is 3. The Labute approximate surface area is 165 Å². The van der Waals surface area contributed by atoms with Crippen LogP contribution in [0, 0.1) is 5.41 Å². The van der Waals surface area contributed by atoms with Crippen molar-refractivity contribution in [1.29, 1.82) is 0 Å². The fourth-order valence-corrected chi connectivity index (χ4v) is 3.69. The lowest BCUT2D eigenvalue weighted by Crippen LogP contribution is -2.48. The number of likely N-dealkylation sites (tertiary alicyclic amines) is 1. The zero-order chi connectivity index (χ0) is 17.7. The summed E-state index contributed by atoms with van der Waals surface area (Å²) in [5, 5.41) is 9.47. The third-order valence-electron chi connectivity index (χ3n) is 5.28. The molecule has 26 heavy (non-hydrogen) atoms. The molecule has 3 rings (SSSR count). The number of hydrogen-bond acceptors (Lipinski definition) is 3. The molecule has 0 aliphatic carbocycles. The van der Waals surface area contributed by atoms with Crippen LogP contribution in [0.2, 0.25) is 5.02 Å². The molecule has 0 radical (unpaired) electrons. The predicted molar refractivity (Wildman–Crippen MR) is 105 cm³/mol. The van der Waals surface area contributed by atoms with E-state index in [1.165, 1.54) is 6.42 Å². The number of carbonyl (C=O) groups excluding carboxylic acids is 2. The molecule has 0 saturated carbocycles. The maximum atomic E-state index is 12.3. The molecule has 3 N–H and O–H groups in total. The van der Waals surface area contributed by atoms with Gasteiger partial charge >= 0.3 is 6.03 Å². The highest BCUT2D eigenvalue weighted by Crippen LogP contribution is 2.36. The molecular formula is C18H26Cl2N4O2. The van der Waals surface area contributed by atoms with E-state index in [-0.39, 0.29) is 30.9 Å². The van der Waals surface area contributed by atoms with Crippen LogP contribution in [0.25, 0.3) is 0 Å². The van der Waals surface area contributed by atoms with E-state index in [2.05, 4.69) is 16.0 Å². The van der Waals surface area contributed by atoms with Crippen molar-refractivity contribution in [2.24, 2.45) is 5.41 Å². The van der Waals surface area contributed by atoms with Crippen molar-refractivity contribution in [3.63, 3.8) is 0 Å². The average molecular weight is 401 g/mol. The number of hydrogen-bond donors (Lipinski definition) is 3. The standard InChI is InChI=1S/C18H25ClN4O2.ClH/c19-15-3-1-14(2-4-15)11-21-17(25)22-12-16(24)23-9-6-18(7-10-23)5-8-20-13-18;/h1-4,20H,5-13H2,(H2,21,22,25);1H. The van der Waals surface area contributed by atoms with Gasteiger partial charge in [-0.25, -0.2) is 4.79 Å². The summed E-state index contributed by atoms with van der Waals surface area (Å²) >= 11 is 5.83. The Hall–Kier alpha value is -1.50. The fourth-order valence-electron chi connectivity index (χ4n) is 3.57. The Morgan fingerprint density at radius 3 is 2.42 bits per heavy atom. The van der Waals surface area contributed by atoms with Gasteiger partial charge in [-0.1, -0.05) is 23.7 Å². The van der Waals surface area contributed by atoms with Gasteiger partial charge in [0.15, 0.2) is 0 Å². The van der Waals surface area contributed by atoms with Crippen LogP contribution in [0.15, 0.2) is 24.3 Å². The van der Waals surface area contributed by atoms with Crippen molar-refractivity contribution >= 4 is 35.9 Å². The molecule has 6 nitrogen and oxygen atoms in total. The Balaban J connectivity index is 0.00000243. The lowest BCUT2D eigenvalue weighted by atomic mass is 9.78. The third-order valence-corrected chi connectivity index (χ3v) is 5.53. The highest BCUT2D eigenvalue weighted by atomic mass is 35.5. The summed E-state index contributed by atoms with van der Waals surface area (Å²) in [5.74, 6) is -0.0116. The first-order chi connectivity index (χ1) is 12.1. The molecule has 0 bridgehead atoms. The monoisotopic (exact) mass is 400 g/mol. The molecular weight excluding hydrogens is 375 g/mol. The molecule has 1 aromatic rings. The van der Waals surface area contributed by atoms with Crippen molar-refractivity contribution in [3.05, 3.63) is 34.9 Å². The van der Waals surface area contributed by atoms with Gasteiger partial charge in [0.05, 0.1) is 6.54 Å². The molecule has 1 aromatic carbocycles. The van der Waals surface area contributed by atoms with Gasteiger partial charge in [-0.15, -0.1) is 12.4 Å². The number of halogens is 2. The van der Waals surface area contributed by atoms with Gasteiger partial charge in [-0.05, 0) is 48.9 Å². The van der Waals surface area contributed by atoms with Crippen LogP contribution in [-0.2, 0) is 11.3 Å². The van der Waals surface area contributed by atoms with Gasteiger partial charge in [0.25, 0.3) is 0 Å². The van der Waals surface area contributed by atoms with Crippen molar-refractivity contribution in [2.75, 3.05) is 32.7 Å². The molecule has 3 amide bonds. The van der Waals surface area contributed by atoms with E-state index in [9.17, 15) is 9.59 Å². The third kappa shape index (κ3) is 5.50. The molecule has 2 aliphatic rings. The van der Waals surface area contributed by atoms with Crippen LogP contribution in [0.4, 0.5) is 4.79 Å². The maximum absolute atomic E-state index is 12.3. The summed E-state index contributed by atoms with van der Waals surface area (Å²) < 4.78 is 0. The largest absolute Gasteiger partial charge is 0.341 e. The summed E-state index contributed by atoms with van der Waals surface area (Å²) in [5.41, 5.74) is 1.34. The summed E-state index contributed by atoms with van der Waals surface area (Å²) in [6.07, 6.45) is 3.31. The normalized spacial score (nSPS) is 18.3. The fraction of sp³-hybridized carbons (Fsp3) is 0.556. The van der Waals surface area contributed by atoms with Crippen LogP contribution in [-0.4, -0.2) is 49.6 Å². The first-order valence-corrected chi connectivity index (χ1v) is 9.19. The smallest absolute Gasteiger partial charge is 0.315 e. The van der Waals surface area contributed by atoms with E-state index in [1.807, 2.05) is 17.0 Å². The summed E-state index contributed by atoms with van der Waals surface area (Å²) in [6, 6.07) is 6.94. The van der Waals surface area contributed by atoms with Gasteiger partial charge in [-0.3, -0.25) is 4.79 Å². The number of nitrogens with zero attached hydrogens (tertiary/aromatic N) is 1. The van der Waals surface area contributed by atoms with Crippen molar-refractivity contribution in [3.8, 4) is 0 Å². The lowest BCUT2D eigenvalue weighted by molar-refractivity contribution is -0.132. The Morgan fingerprint density at radius 2 is 1.81 bits per heavy atom. The van der Waals surface area contributed by atoms with Gasteiger partial charge in [0.1, 0.15) is 0 Å². The van der Waals surface area contributed by atoms with Gasteiger partial charge in [-0.2, -0.15) is 0 Å². The highest BCUT2D eigenvalue weighted by Gasteiger charge is 2.37. The van der Waals surface area contributed by atoms with Crippen LogP contribution >= 0.6 is 24.0 Å². The van der Waals surface area contributed by atoms with Crippen LogP contribution < -0.4 is 16.0 Å². The Morgan fingerprint density at radius 1 is 1.12 bits per heavy atom. The number of nitrogens with one attached hydrogen (secondary N) is 3. The quantitative estimate of drug-likeness (QED) is 0.724. The molecule has 0 unspecified atom stereocenters. The van der Waals surface area contributed by atoms with E-state index in [0.29, 0.717) is 17.0 Å². The molecule has 144 valence electrons. The molecule has 2 heterocycles. The minimum Gasteiger partial charge on any atom is -0.341 e. The predicted octanol–water partition coefficient (Wildman–Crippen LogP) is 2.16. The highest BCUT2D eigenvalue weighted by molar-refractivity contribution is 6.30. The molecule has 2 aliphatic heterocycles. The SMILES string of the molecule is Cl.O=C(NCC(=O)N1CCC2(CCNC2)CC1)NCc1ccc(Cl)cc1. The number of carbonyl (C=O) groups is 2. The number of urea groups is 1. The van der Waals surface area contributed by atoms with Crippen molar-refractivity contribution in [1.82, 2.24) is 20.9 Å². The molecule has 2 fully saturated rings. The summed E-state index contributed by atoms with van der Waals surface area (Å²) in [4.78, 5) is 26.0. The summed E-state index contributed by atoms with van der Waals surface area (Å²) in [6.45, 7) is 4.17. The van der Waals surface area contributed by atoms with E-state index in [4.69, 9.17) is 11.6 Å². The second kappa shape index (κ2) is 9.44. The van der Waals surface area contributed by atoms with E-state index >= 15 is 0 Å². The van der Waals surface area contributed by atoms with Gasteiger partial charge in [0.2, 0.25) is 5.91 Å². The second-order valence-electron chi connectivity index (χ2n) is 6.97. The topological polar surface area (TPSA) is 73.5 Å². The number of piperidine rings is 1. The van der Waals surface area contributed by atoms with E-state index < -0.39 is 0 Å². The maximum Gasteiger partial charge on any atom is 0.315 e. The zero-order valence-electron chi connectivity index (χ0n) is 14.7. The molecule has 0 atom stereocenters. The zero-order valence-corrected chi connectivity index (χ0v) is 16.3. The second-order valence-corrected chi connectivity index (χ2v) is 7.41. The van der Waals surface area contributed by atoms with Crippen molar-refractivity contribution < 1.29 is 9.59 Å². The minimum absolute atomic E-state index is 0. The molecule has 1 spiro atoms. The van der Waals surface area contributed by atoms with Gasteiger partial charge in [0, 0.05) is 31.2 Å². The minimum atomic E-state index is -0.336. The van der Waals surface area contributed by atoms with Crippen molar-refractivity contribution in [2.45, 2.75) is 25.8 Å². The van der Waals surface area contributed by atoms with E-state index in [0.717, 1.165) is 44.6 Å². The Kier molecular flexibility index (Phi) is 7.55. The van der Waals surface area contributed by atoms with Gasteiger partial charge < -0.3 is 20.9 Å². The number of benzene rings is 1.